The lowest BCUT2D eigenvalue weighted by Crippen LogP contribution is -2.49. The van der Waals surface area contributed by atoms with Gasteiger partial charge in [-0.05, 0) is 60.8 Å². The lowest BCUT2D eigenvalue weighted by Gasteiger charge is -2.18. The zero-order valence-corrected chi connectivity index (χ0v) is 19.9. The molecule has 0 saturated carbocycles. The van der Waals surface area contributed by atoms with Crippen LogP contribution >= 0.6 is 0 Å². The Balaban J connectivity index is 1.41. The Labute approximate surface area is 204 Å². The third-order valence-corrected chi connectivity index (χ3v) is 5.76. The first-order chi connectivity index (χ1) is 17.0. The summed E-state index contributed by atoms with van der Waals surface area (Å²) in [5, 5.41) is 10.2. The molecule has 1 atom stereocenters. The molecule has 0 saturated heterocycles. The molecule has 1 aromatic heterocycles. The highest BCUT2D eigenvalue weighted by atomic mass is 16.5. The van der Waals surface area contributed by atoms with Crippen molar-refractivity contribution in [2.45, 2.75) is 19.4 Å². The SMILES string of the molecule is COc1ccc(NCCNC(=O)[C@H](Cc2cc3ccccc3[nH]2)NC(=O)c2cccc(C)c2)cc1. The smallest absolute Gasteiger partial charge is 0.251 e. The Kier molecular flexibility index (Phi) is 7.67. The molecule has 0 aliphatic rings. The monoisotopic (exact) mass is 470 g/mol. The normalized spacial score (nSPS) is 11.6. The van der Waals surface area contributed by atoms with Crippen molar-refractivity contribution in [3.05, 3.63) is 95.7 Å². The van der Waals surface area contributed by atoms with E-state index >= 15 is 0 Å². The number of hydrogen-bond donors (Lipinski definition) is 4. The molecular formula is C28H30N4O3. The number of fused-ring (bicyclic) bond motifs is 1. The molecule has 0 unspecified atom stereocenters. The number of benzene rings is 3. The van der Waals surface area contributed by atoms with E-state index in [-0.39, 0.29) is 11.8 Å². The maximum atomic E-state index is 13.1. The molecule has 4 rings (SSSR count). The minimum Gasteiger partial charge on any atom is -0.497 e. The van der Waals surface area contributed by atoms with Crippen LogP contribution in [0.4, 0.5) is 5.69 Å². The van der Waals surface area contributed by atoms with Crippen LogP contribution in [0, 0.1) is 6.92 Å². The van der Waals surface area contributed by atoms with E-state index in [4.69, 9.17) is 4.74 Å². The van der Waals surface area contributed by atoms with Gasteiger partial charge in [-0.2, -0.15) is 0 Å². The minimum atomic E-state index is -0.725. The van der Waals surface area contributed by atoms with Gasteiger partial charge < -0.3 is 25.7 Å². The van der Waals surface area contributed by atoms with E-state index in [1.165, 1.54) is 0 Å². The van der Waals surface area contributed by atoms with Crippen molar-refractivity contribution < 1.29 is 14.3 Å². The molecule has 0 radical (unpaired) electrons. The van der Waals surface area contributed by atoms with Crippen molar-refractivity contribution in [2.24, 2.45) is 0 Å². The van der Waals surface area contributed by atoms with Crippen molar-refractivity contribution in [3.8, 4) is 5.75 Å². The highest BCUT2D eigenvalue weighted by Gasteiger charge is 2.22. The van der Waals surface area contributed by atoms with Crippen LogP contribution in [0.5, 0.6) is 5.75 Å². The summed E-state index contributed by atoms with van der Waals surface area (Å²) >= 11 is 0. The molecule has 35 heavy (non-hydrogen) atoms. The largest absolute Gasteiger partial charge is 0.497 e. The number of hydrogen-bond acceptors (Lipinski definition) is 4. The molecule has 0 bridgehead atoms. The van der Waals surface area contributed by atoms with E-state index in [1.807, 2.05) is 79.7 Å². The quantitative estimate of drug-likeness (QED) is 0.263. The number of aromatic nitrogens is 1. The Morgan fingerprint density at radius 1 is 0.943 bits per heavy atom. The molecule has 4 N–H and O–H groups in total. The zero-order chi connectivity index (χ0) is 24.6. The molecule has 3 aromatic carbocycles. The van der Waals surface area contributed by atoms with Gasteiger partial charge in [0, 0.05) is 42.0 Å². The van der Waals surface area contributed by atoms with E-state index in [9.17, 15) is 9.59 Å². The zero-order valence-electron chi connectivity index (χ0n) is 19.9. The highest BCUT2D eigenvalue weighted by molar-refractivity contribution is 5.97. The number of nitrogens with one attached hydrogen (secondary N) is 4. The molecule has 180 valence electrons. The fraction of sp³-hybridized carbons (Fsp3) is 0.214. The van der Waals surface area contributed by atoms with Crippen LogP contribution in [0.15, 0.2) is 78.9 Å². The molecule has 7 nitrogen and oxygen atoms in total. The van der Waals surface area contributed by atoms with Crippen LogP contribution in [0.25, 0.3) is 10.9 Å². The van der Waals surface area contributed by atoms with Gasteiger partial charge in [-0.15, -0.1) is 0 Å². The molecule has 0 aliphatic carbocycles. The lowest BCUT2D eigenvalue weighted by molar-refractivity contribution is -0.122. The molecule has 7 heteroatoms. The van der Waals surface area contributed by atoms with E-state index in [0.29, 0.717) is 25.1 Å². The van der Waals surface area contributed by atoms with Gasteiger partial charge in [0.1, 0.15) is 11.8 Å². The van der Waals surface area contributed by atoms with E-state index < -0.39 is 6.04 Å². The van der Waals surface area contributed by atoms with Gasteiger partial charge in [0.25, 0.3) is 5.91 Å². The average Bonchev–Trinajstić information content (AvgIpc) is 3.29. The summed E-state index contributed by atoms with van der Waals surface area (Å²) in [6.07, 6.45) is 0.351. The maximum Gasteiger partial charge on any atom is 0.251 e. The fourth-order valence-corrected chi connectivity index (χ4v) is 3.93. The molecule has 1 heterocycles. The van der Waals surface area contributed by atoms with Crippen LogP contribution in [-0.4, -0.2) is 43.0 Å². The van der Waals surface area contributed by atoms with Crippen LogP contribution in [-0.2, 0) is 11.2 Å². The van der Waals surface area contributed by atoms with Gasteiger partial charge in [0.05, 0.1) is 7.11 Å². The number of H-pyrrole nitrogens is 1. The Bertz CT molecular complexity index is 1260. The third-order valence-electron chi connectivity index (χ3n) is 5.76. The number of aryl methyl sites for hydroxylation is 1. The molecule has 0 aliphatic heterocycles. The van der Waals surface area contributed by atoms with Crippen LogP contribution in [0.2, 0.25) is 0 Å². The molecular weight excluding hydrogens is 440 g/mol. The number of methoxy groups -OCH3 is 1. The van der Waals surface area contributed by atoms with Crippen molar-refractivity contribution in [1.82, 2.24) is 15.6 Å². The number of para-hydroxylation sites is 1. The number of ether oxygens (including phenoxy) is 1. The van der Waals surface area contributed by atoms with Crippen molar-refractivity contribution in [1.29, 1.82) is 0 Å². The van der Waals surface area contributed by atoms with Crippen molar-refractivity contribution in [2.75, 3.05) is 25.5 Å². The summed E-state index contributed by atoms with van der Waals surface area (Å²) in [7, 11) is 1.63. The number of amides is 2. The van der Waals surface area contributed by atoms with Crippen molar-refractivity contribution in [3.63, 3.8) is 0 Å². The summed E-state index contributed by atoms with van der Waals surface area (Å²) in [6, 6.07) is 24.1. The molecule has 0 spiro atoms. The number of carbonyl (C=O) groups is 2. The Hall–Kier alpha value is -4.26. The average molecular weight is 471 g/mol. The summed E-state index contributed by atoms with van der Waals surface area (Å²) in [5.41, 5.74) is 4.32. The van der Waals surface area contributed by atoms with E-state index in [2.05, 4.69) is 20.9 Å². The molecule has 0 fully saturated rings. The Morgan fingerprint density at radius 2 is 1.74 bits per heavy atom. The lowest BCUT2D eigenvalue weighted by atomic mass is 10.1. The number of anilines is 1. The second-order valence-corrected chi connectivity index (χ2v) is 8.43. The first-order valence-electron chi connectivity index (χ1n) is 11.6. The van der Waals surface area contributed by atoms with E-state index in [0.717, 1.165) is 33.6 Å². The van der Waals surface area contributed by atoms with Gasteiger partial charge in [-0.25, -0.2) is 0 Å². The van der Waals surface area contributed by atoms with Gasteiger partial charge in [0.2, 0.25) is 5.91 Å². The first kappa shape index (κ1) is 23.9. The molecule has 2 amide bonds. The van der Waals surface area contributed by atoms with Crippen LogP contribution < -0.4 is 20.7 Å². The number of rotatable bonds is 10. The van der Waals surface area contributed by atoms with Crippen molar-refractivity contribution >= 4 is 28.4 Å². The number of aromatic amines is 1. The maximum absolute atomic E-state index is 13.1. The third kappa shape index (κ3) is 6.41. The first-order valence-corrected chi connectivity index (χ1v) is 11.6. The predicted octanol–water partition coefficient (Wildman–Crippen LogP) is 4.05. The summed E-state index contributed by atoms with van der Waals surface area (Å²) < 4.78 is 5.17. The molecule has 4 aromatic rings. The summed E-state index contributed by atoms with van der Waals surface area (Å²) in [5.74, 6) is 0.274. The van der Waals surface area contributed by atoms with Crippen LogP contribution in [0.3, 0.4) is 0 Å². The van der Waals surface area contributed by atoms with Gasteiger partial charge in [0.15, 0.2) is 0 Å². The Morgan fingerprint density at radius 3 is 2.49 bits per heavy atom. The minimum absolute atomic E-state index is 0.235. The standard InChI is InChI=1S/C28H30N4O3/c1-19-6-5-8-21(16-19)27(33)32-26(18-23-17-20-7-3-4-9-25(20)31-23)28(34)30-15-14-29-22-10-12-24(35-2)13-11-22/h3-13,16-17,26,29,31H,14-15,18H2,1-2H3,(H,30,34)(H,32,33)/t26-/m0/s1. The topological polar surface area (TPSA) is 95.2 Å². The summed E-state index contributed by atoms with van der Waals surface area (Å²) in [4.78, 5) is 29.4. The second-order valence-electron chi connectivity index (χ2n) is 8.43. The number of carbonyl (C=O) groups excluding carboxylic acids is 2. The van der Waals surface area contributed by atoms with E-state index in [1.54, 1.807) is 13.2 Å². The van der Waals surface area contributed by atoms with Gasteiger partial charge in [-0.3, -0.25) is 9.59 Å². The van der Waals surface area contributed by atoms with Crippen LogP contribution in [0.1, 0.15) is 21.6 Å². The predicted molar refractivity (Wildman–Crippen MR) is 139 cm³/mol. The van der Waals surface area contributed by atoms with Gasteiger partial charge >= 0.3 is 0 Å². The fourth-order valence-electron chi connectivity index (χ4n) is 3.93. The summed E-state index contributed by atoms with van der Waals surface area (Å²) in [6.45, 7) is 2.89. The highest BCUT2D eigenvalue weighted by Crippen LogP contribution is 2.17. The van der Waals surface area contributed by atoms with Gasteiger partial charge in [-0.1, -0.05) is 35.9 Å². The second kappa shape index (κ2) is 11.2.